The van der Waals surface area contributed by atoms with Gasteiger partial charge < -0.3 is 29.7 Å². The lowest BCUT2D eigenvalue weighted by Gasteiger charge is -2.43. The molecule has 3 fully saturated rings. The van der Waals surface area contributed by atoms with E-state index < -0.39 is 23.3 Å². The van der Waals surface area contributed by atoms with E-state index in [0.29, 0.717) is 41.1 Å². The number of anilines is 1. The number of aromatic amines is 1. The second kappa shape index (κ2) is 10.0. The number of fused-ring (bicyclic) bond motifs is 3. The highest BCUT2D eigenvalue weighted by molar-refractivity contribution is 6.32. The minimum Gasteiger partial charge on any atom is -0.383 e. The van der Waals surface area contributed by atoms with Gasteiger partial charge in [-0.3, -0.25) is 0 Å². The fourth-order valence-electron chi connectivity index (χ4n) is 7.45. The van der Waals surface area contributed by atoms with Crippen molar-refractivity contribution in [2.45, 2.75) is 82.2 Å². The van der Waals surface area contributed by atoms with Gasteiger partial charge in [-0.05, 0) is 77.1 Å². The van der Waals surface area contributed by atoms with Gasteiger partial charge in [-0.15, -0.1) is 0 Å². The number of rotatable bonds is 7. The Balaban J connectivity index is 0.976. The Morgan fingerprint density at radius 2 is 2.02 bits per heavy atom. The standard InChI is InChI=1S/C30H35ClF3N7O2/c1-28(2)42-25-17(6-8-29(25,43-28)41-9-7-19-26(35)36-15-37-27(19)41)14-40(3)18-10-16(11-18)4-5-24-38-22-12-20(30(32,33)34)21(31)13-23(22)39-24/h7,9,12-13,15-18,25H,4-6,8,10-11,14H2,1-3H3,(H,38,39)(H2,35,36,37). The predicted octanol–water partition coefficient (Wildman–Crippen LogP) is 6.12. The zero-order valence-electron chi connectivity index (χ0n) is 24.3. The summed E-state index contributed by atoms with van der Waals surface area (Å²) in [7, 11) is 2.18. The smallest absolute Gasteiger partial charge is 0.383 e. The quantitative estimate of drug-likeness (QED) is 0.257. The van der Waals surface area contributed by atoms with Gasteiger partial charge in [-0.1, -0.05) is 11.6 Å². The van der Waals surface area contributed by atoms with Crippen LogP contribution in [0.5, 0.6) is 0 Å². The van der Waals surface area contributed by atoms with E-state index in [2.05, 4.69) is 36.5 Å². The summed E-state index contributed by atoms with van der Waals surface area (Å²) >= 11 is 5.86. The van der Waals surface area contributed by atoms with Crippen LogP contribution in [0.2, 0.25) is 5.02 Å². The van der Waals surface area contributed by atoms with Crippen LogP contribution in [0.25, 0.3) is 22.1 Å². The van der Waals surface area contributed by atoms with Crippen LogP contribution < -0.4 is 5.73 Å². The van der Waals surface area contributed by atoms with Crippen molar-refractivity contribution in [3.05, 3.63) is 47.1 Å². The number of hydrogen-bond acceptors (Lipinski definition) is 7. The van der Waals surface area contributed by atoms with E-state index >= 15 is 0 Å². The van der Waals surface area contributed by atoms with Crippen molar-refractivity contribution in [1.82, 2.24) is 29.4 Å². The van der Waals surface area contributed by atoms with Gasteiger partial charge in [0.1, 0.15) is 29.7 Å². The SMILES string of the molecule is CN(CC1CCC2(n3ccc4c(N)ncnc43)OC(C)(C)OC12)C1CC(CCc2nc3cc(Cl)c(C(F)(F)F)cc3[nH]2)C1. The second-order valence-electron chi connectivity index (χ2n) is 12.9. The average molecular weight is 618 g/mol. The number of aryl methyl sites for hydroxylation is 1. The molecular weight excluding hydrogens is 583 g/mol. The fraction of sp³-hybridized carbons (Fsp3) is 0.567. The highest BCUT2D eigenvalue weighted by Crippen LogP contribution is 2.53. The van der Waals surface area contributed by atoms with Gasteiger partial charge in [-0.2, -0.15) is 13.2 Å². The Hall–Kier alpha value is -2.93. The molecule has 230 valence electrons. The first-order valence-electron chi connectivity index (χ1n) is 14.7. The van der Waals surface area contributed by atoms with Gasteiger partial charge >= 0.3 is 6.18 Å². The number of nitrogen functional groups attached to an aromatic ring is 1. The number of H-pyrrole nitrogens is 1. The van der Waals surface area contributed by atoms with E-state index in [1.54, 1.807) is 0 Å². The fourth-order valence-corrected chi connectivity index (χ4v) is 7.72. The van der Waals surface area contributed by atoms with E-state index in [-0.39, 0.29) is 17.0 Å². The molecule has 3 aliphatic rings. The summed E-state index contributed by atoms with van der Waals surface area (Å²) in [6, 6.07) is 4.74. The minimum absolute atomic E-state index is 0.132. The molecule has 4 heterocycles. The molecule has 7 rings (SSSR count). The summed E-state index contributed by atoms with van der Waals surface area (Å²) in [5.41, 5.74) is 6.18. The summed E-state index contributed by atoms with van der Waals surface area (Å²) in [5, 5.41) is 0.475. The molecule has 0 amide bonds. The Labute approximate surface area is 251 Å². The molecule has 3 N–H and O–H groups in total. The summed E-state index contributed by atoms with van der Waals surface area (Å²) in [4.78, 5) is 18.7. The predicted molar refractivity (Wildman–Crippen MR) is 156 cm³/mol. The summed E-state index contributed by atoms with van der Waals surface area (Å²) in [6.45, 7) is 4.82. The number of imidazole rings is 1. The normalized spacial score (nSPS) is 28.7. The molecule has 9 nitrogen and oxygen atoms in total. The molecule has 0 bridgehead atoms. The van der Waals surface area contributed by atoms with E-state index in [9.17, 15) is 13.2 Å². The number of alkyl halides is 3. The topological polar surface area (TPSA) is 107 Å². The Kier molecular flexibility index (Phi) is 6.73. The van der Waals surface area contributed by atoms with Crippen LogP contribution in [-0.2, 0) is 27.8 Å². The lowest BCUT2D eigenvalue weighted by Crippen LogP contribution is -2.47. The Morgan fingerprint density at radius 3 is 2.79 bits per heavy atom. The first kappa shape index (κ1) is 28.8. The number of nitrogens with one attached hydrogen (secondary N) is 1. The monoisotopic (exact) mass is 617 g/mol. The van der Waals surface area contributed by atoms with E-state index in [0.717, 1.165) is 55.7 Å². The van der Waals surface area contributed by atoms with Gasteiger partial charge in [0.05, 0.1) is 27.0 Å². The van der Waals surface area contributed by atoms with Crippen molar-refractivity contribution in [2.75, 3.05) is 19.3 Å². The molecule has 0 spiro atoms. The molecule has 3 aromatic heterocycles. The second-order valence-corrected chi connectivity index (χ2v) is 13.3. The highest BCUT2D eigenvalue weighted by Gasteiger charge is 2.61. The zero-order chi connectivity index (χ0) is 30.3. The number of nitrogens with zero attached hydrogens (tertiary/aromatic N) is 5. The van der Waals surface area contributed by atoms with Crippen molar-refractivity contribution >= 4 is 39.5 Å². The molecule has 3 atom stereocenters. The van der Waals surface area contributed by atoms with Crippen molar-refractivity contribution in [2.24, 2.45) is 11.8 Å². The maximum Gasteiger partial charge on any atom is 0.417 e. The van der Waals surface area contributed by atoms with Gasteiger partial charge in [-0.25, -0.2) is 15.0 Å². The van der Waals surface area contributed by atoms with E-state index in [1.807, 2.05) is 26.1 Å². The van der Waals surface area contributed by atoms with Crippen molar-refractivity contribution in [1.29, 1.82) is 0 Å². The average Bonchev–Trinajstić information content (AvgIpc) is 3.63. The third kappa shape index (κ3) is 4.96. The van der Waals surface area contributed by atoms with Crippen LogP contribution in [0, 0.1) is 11.8 Å². The van der Waals surface area contributed by atoms with Gasteiger partial charge in [0.25, 0.3) is 0 Å². The Bertz CT molecular complexity index is 1680. The van der Waals surface area contributed by atoms with Crippen molar-refractivity contribution in [3.8, 4) is 0 Å². The molecule has 2 aliphatic carbocycles. The molecule has 1 aliphatic heterocycles. The Morgan fingerprint density at radius 1 is 1.23 bits per heavy atom. The summed E-state index contributed by atoms with van der Waals surface area (Å²) in [5.74, 6) is 1.24. The lowest BCUT2D eigenvalue weighted by atomic mass is 9.76. The molecule has 3 unspecified atom stereocenters. The molecule has 0 radical (unpaired) electrons. The maximum absolute atomic E-state index is 13.2. The van der Waals surface area contributed by atoms with Crippen LogP contribution in [-0.4, -0.2) is 60.9 Å². The van der Waals surface area contributed by atoms with Crippen molar-refractivity contribution < 1.29 is 22.6 Å². The highest BCUT2D eigenvalue weighted by atomic mass is 35.5. The van der Waals surface area contributed by atoms with Gasteiger partial charge in [0, 0.05) is 31.1 Å². The molecule has 1 saturated heterocycles. The minimum atomic E-state index is -4.50. The number of nitrogens with two attached hydrogens (primary N) is 1. The van der Waals surface area contributed by atoms with E-state index in [4.69, 9.17) is 26.8 Å². The van der Waals surface area contributed by atoms with Gasteiger partial charge in [0.15, 0.2) is 11.5 Å². The van der Waals surface area contributed by atoms with Crippen LogP contribution >= 0.6 is 11.6 Å². The molecular formula is C30H35ClF3N7O2. The van der Waals surface area contributed by atoms with Crippen LogP contribution in [0.15, 0.2) is 30.7 Å². The first-order chi connectivity index (χ1) is 20.3. The molecule has 1 aromatic carbocycles. The van der Waals surface area contributed by atoms with E-state index in [1.165, 1.54) is 12.4 Å². The largest absolute Gasteiger partial charge is 0.417 e. The van der Waals surface area contributed by atoms with Gasteiger partial charge in [0.2, 0.25) is 0 Å². The number of hydrogen-bond donors (Lipinski definition) is 2. The number of ether oxygens (including phenoxy) is 2. The van der Waals surface area contributed by atoms with Crippen LogP contribution in [0.1, 0.15) is 57.3 Å². The van der Waals surface area contributed by atoms with Crippen LogP contribution in [0.3, 0.4) is 0 Å². The number of benzene rings is 1. The van der Waals surface area contributed by atoms with Crippen molar-refractivity contribution in [3.63, 3.8) is 0 Å². The first-order valence-corrected chi connectivity index (χ1v) is 15.1. The molecule has 43 heavy (non-hydrogen) atoms. The third-order valence-corrected chi connectivity index (χ3v) is 9.88. The summed E-state index contributed by atoms with van der Waals surface area (Å²) in [6.07, 6.45) is 4.38. The molecule has 2 saturated carbocycles. The summed E-state index contributed by atoms with van der Waals surface area (Å²) < 4.78 is 55.0. The lowest BCUT2D eigenvalue weighted by molar-refractivity contribution is -0.187. The molecule has 13 heteroatoms. The third-order valence-electron chi connectivity index (χ3n) is 9.57. The maximum atomic E-state index is 13.2. The number of halogens is 4. The van der Waals surface area contributed by atoms with Crippen LogP contribution in [0.4, 0.5) is 19.0 Å². The zero-order valence-corrected chi connectivity index (χ0v) is 25.0. The molecule has 4 aromatic rings. The number of aromatic nitrogens is 5.